The van der Waals surface area contributed by atoms with Gasteiger partial charge in [-0.2, -0.15) is 0 Å². The summed E-state index contributed by atoms with van der Waals surface area (Å²) in [5.74, 6) is 0. The minimum absolute atomic E-state index is 0.713. The van der Waals surface area contributed by atoms with Crippen LogP contribution in [0, 0.1) is 13.8 Å². The molecule has 0 fully saturated rings. The average molecular weight is 347 g/mol. The van der Waals surface area contributed by atoms with Gasteiger partial charge in [-0.15, -0.1) is 0 Å². The van der Waals surface area contributed by atoms with Crippen LogP contribution in [0.15, 0.2) is 66.9 Å². The Balaban J connectivity index is 1.89. The molecule has 0 aliphatic rings. The van der Waals surface area contributed by atoms with Crippen LogP contribution in [0.3, 0.4) is 0 Å². The van der Waals surface area contributed by atoms with Crippen molar-refractivity contribution in [3.8, 4) is 11.3 Å². The molecule has 0 N–H and O–H groups in total. The maximum Gasteiger partial charge on any atom is 0.137 e. The van der Waals surface area contributed by atoms with Crippen molar-refractivity contribution in [2.24, 2.45) is 0 Å². The molecule has 0 atom stereocenters. The Hall–Kier alpha value is -2.58. The zero-order valence-corrected chi connectivity index (χ0v) is 15.1. The molecule has 0 bridgehead atoms. The lowest BCUT2D eigenvalue weighted by Gasteiger charge is -2.07. The van der Waals surface area contributed by atoms with Crippen molar-refractivity contribution in [1.29, 1.82) is 0 Å². The molecule has 0 saturated carbocycles. The van der Waals surface area contributed by atoms with E-state index in [0.717, 1.165) is 29.0 Å². The van der Waals surface area contributed by atoms with E-state index in [1.807, 2.05) is 18.3 Å². The second kappa shape index (κ2) is 6.38. The van der Waals surface area contributed by atoms with Gasteiger partial charge in [-0.3, -0.25) is 0 Å². The van der Waals surface area contributed by atoms with Crippen LogP contribution in [0.25, 0.3) is 16.9 Å². The zero-order chi connectivity index (χ0) is 17.4. The highest BCUT2D eigenvalue weighted by Crippen LogP contribution is 2.28. The highest BCUT2D eigenvalue weighted by atomic mass is 35.5. The first-order valence-electron chi connectivity index (χ1n) is 8.39. The predicted molar refractivity (Wildman–Crippen MR) is 104 cm³/mol. The second-order valence-corrected chi connectivity index (χ2v) is 6.95. The lowest BCUT2D eigenvalue weighted by atomic mass is 10.0. The van der Waals surface area contributed by atoms with E-state index in [1.54, 1.807) is 0 Å². The molecule has 2 heterocycles. The first-order valence-corrected chi connectivity index (χ1v) is 8.77. The molecule has 0 aliphatic carbocycles. The molecule has 0 saturated heterocycles. The van der Waals surface area contributed by atoms with Crippen molar-refractivity contribution >= 4 is 17.2 Å². The maximum atomic E-state index is 6.24. The summed E-state index contributed by atoms with van der Waals surface area (Å²) in [5, 5.41) is 0.713. The Bertz CT molecular complexity index is 1030. The number of halogens is 1. The number of benzene rings is 2. The van der Waals surface area contributed by atoms with E-state index in [-0.39, 0.29) is 0 Å². The number of rotatable bonds is 3. The van der Waals surface area contributed by atoms with Crippen molar-refractivity contribution in [2.75, 3.05) is 0 Å². The molecule has 0 aliphatic heterocycles. The van der Waals surface area contributed by atoms with Crippen LogP contribution in [0.2, 0.25) is 5.02 Å². The quantitative estimate of drug-likeness (QED) is 0.454. The van der Waals surface area contributed by atoms with Gasteiger partial charge in [0.15, 0.2) is 0 Å². The molecule has 0 spiro atoms. The number of hydrogen-bond donors (Lipinski definition) is 0. The largest absolute Gasteiger partial charge is 0.302 e. The maximum absolute atomic E-state index is 6.24. The zero-order valence-electron chi connectivity index (χ0n) is 14.3. The smallest absolute Gasteiger partial charge is 0.137 e. The number of hydrogen-bond acceptors (Lipinski definition) is 1. The van der Waals surface area contributed by atoms with E-state index in [1.165, 1.54) is 16.7 Å². The molecular formula is C22H19ClN2. The normalized spacial score (nSPS) is 11.2. The van der Waals surface area contributed by atoms with E-state index in [4.69, 9.17) is 16.6 Å². The van der Waals surface area contributed by atoms with Crippen LogP contribution in [0.5, 0.6) is 0 Å². The lowest BCUT2D eigenvalue weighted by molar-refractivity contribution is 1.03. The van der Waals surface area contributed by atoms with Crippen molar-refractivity contribution in [3.05, 3.63) is 94.3 Å². The van der Waals surface area contributed by atoms with Gasteiger partial charge < -0.3 is 4.40 Å². The Morgan fingerprint density at radius 3 is 2.16 bits per heavy atom. The van der Waals surface area contributed by atoms with E-state index >= 15 is 0 Å². The summed E-state index contributed by atoms with van der Waals surface area (Å²) in [7, 11) is 0. The Labute approximate surface area is 152 Å². The van der Waals surface area contributed by atoms with Gasteiger partial charge in [0.2, 0.25) is 0 Å². The molecule has 124 valence electrons. The third-order valence-electron chi connectivity index (χ3n) is 4.50. The van der Waals surface area contributed by atoms with Gasteiger partial charge in [-0.05, 0) is 31.5 Å². The molecular weight excluding hydrogens is 328 g/mol. The molecule has 2 nitrogen and oxygen atoms in total. The van der Waals surface area contributed by atoms with Gasteiger partial charge in [-0.25, -0.2) is 4.98 Å². The molecule has 4 rings (SSSR count). The average Bonchev–Trinajstić information content (AvgIpc) is 2.95. The van der Waals surface area contributed by atoms with Gasteiger partial charge in [0.05, 0.1) is 16.4 Å². The van der Waals surface area contributed by atoms with Gasteiger partial charge in [0, 0.05) is 18.2 Å². The third-order valence-corrected chi connectivity index (χ3v) is 4.72. The first kappa shape index (κ1) is 15.9. The predicted octanol–water partition coefficient (Wildman–Crippen LogP) is 5.86. The van der Waals surface area contributed by atoms with Gasteiger partial charge >= 0.3 is 0 Å². The summed E-state index contributed by atoms with van der Waals surface area (Å²) < 4.78 is 2.11. The van der Waals surface area contributed by atoms with Crippen LogP contribution in [0.4, 0.5) is 0 Å². The summed E-state index contributed by atoms with van der Waals surface area (Å²) in [6.07, 6.45) is 2.76. The van der Waals surface area contributed by atoms with E-state index < -0.39 is 0 Å². The van der Waals surface area contributed by atoms with E-state index in [9.17, 15) is 0 Å². The molecule has 3 heteroatoms. The fourth-order valence-electron chi connectivity index (χ4n) is 3.08. The highest BCUT2D eigenvalue weighted by Gasteiger charge is 2.15. The molecule has 2 aromatic carbocycles. The van der Waals surface area contributed by atoms with Gasteiger partial charge in [0.1, 0.15) is 5.65 Å². The van der Waals surface area contributed by atoms with Gasteiger partial charge in [0.25, 0.3) is 0 Å². The van der Waals surface area contributed by atoms with Crippen molar-refractivity contribution in [2.45, 2.75) is 20.3 Å². The summed E-state index contributed by atoms with van der Waals surface area (Å²) in [5.41, 5.74) is 8.00. The number of imidazole rings is 1. The first-order chi connectivity index (χ1) is 12.1. The van der Waals surface area contributed by atoms with E-state index in [2.05, 4.69) is 66.8 Å². The monoisotopic (exact) mass is 346 g/mol. The Morgan fingerprint density at radius 2 is 1.48 bits per heavy atom. The number of pyridine rings is 1. The molecule has 0 amide bonds. The Morgan fingerprint density at radius 1 is 0.840 bits per heavy atom. The second-order valence-electron chi connectivity index (χ2n) is 6.51. The van der Waals surface area contributed by atoms with E-state index in [0.29, 0.717) is 5.02 Å². The van der Waals surface area contributed by atoms with Crippen LogP contribution in [-0.2, 0) is 6.42 Å². The topological polar surface area (TPSA) is 17.3 Å². The standard InChI is InChI=1S/C22H19ClN2/c1-15-3-7-17(8-4-15)13-20-22(18-9-5-16(2)6-10-18)24-21-12-11-19(23)14-25(20)21/h3-12,14H,13H2,1-2H3. The van der Waals surface area contributed by atoms with Crippen LogP contribution in [0.1, 0.15) is 22.4 Å². The third kappa shape index (κ3) is 3.18. The summed E-state index contributed by atoms with van der Waals surface area (Å²) in [6.45, 7) is 4.20. The number of aromatic nitrogens is 2. The van der Waals surface area contributed by atoms with Gasteiger partial charge in [-0.1, -0.05) is 71.3 Å². The fourth-order valence-corrected chi connectivity index (χ4v) is 3.24. The SMILES string of the molecule is Cc1ccc(Cc2c(-c3ccc(C)cc3)nc3ccc(Cl)cn23)cc1. The Kier molecular flexibility index (Phi) is 4.06. The van der Waals surface area contributed by atoms with Crippen LogP contribution >= 0.6 is 11.6 Å². The highest BCUT2D eigenvalue weighted by molar-refractivity contribution is 6.30. The molecule has 0 radical (unpaired) electrons. The van der Waals surface area contributed by atoms with Crippen molar-refractivity contribution in [1.82, 2.24) is 9.38 Å². The number of nitrogens with zero attached hydrogens (tertiary/aromatic N) is 2. The molecule has 25 heavy (non-hydrogen) atoms. The summed E-state index contributed by atoms with van der Waals surface area (Å²) >= 11 is 6.24. The number of fused-ring (bicyclic) bond motifs is 1. The molecule has 4 aromatic rings. The molecule has 2 aromatic heterocycles. The fraction of sp³-hybridized carbons (Fsp3) is 0.136. The lowest BCUT2D eigenvalue weighted by Crippen LogP contribution is -1.97. The molecule has 0 unspecified atom stereocenters. The van der Waals surface area contributed by atoms with Crippen molar-refractivity contribution < 1.29 is 0 Å². The minimum atomic E-state index is 0.713. The van der Waals surface area contributed by atoms with Crippen molar-refractivity contribution in [3.63, 3.8) is 0 Å². The van der Waals surface area contributed by atoms with Crippen LogP contribution < -0.4 is 0 Å². The minimum Gasteiger partial charge on any atom is -0.302 e. The van der Waals surface area contributed by atoms with Crippen LogP contribution in [-0.4, -0.2) is 9.38 Å². The number of aryl methyl sites for hydroxylation is 2. The summed E-state index contributed by atoms with van der Waals surface area (Å²) in [6, 6.07) is 21.0. The summed E-state index contributed by atoms with van der Waals surface area (Å²) in [4.78, 5) is 4.87.